The highest BCUT2D eigenvalue weighted by molar-refractivity contribution is 7.80. The quantitative estimate of drug-likeness (QED) is 0.639. The molecule has 0 radical (unpaired) electrons. The van der Waals surface area contributed by atoms with Gasteiger partial charge in [0.05, 0.1) is 10.4 Å². The van der Waals surface area contributed by atoms with Gasteiger partial charge in [-0.2, -0.15) is 0 Å². The number of nitrogens with two attached hydrogens (primary N) is 1. The second-order valence-electron chi connectivity index (χ2n) is 5.68. The molecular formula is C15H30N2OS. The maximum Gasteiger partial charge on any atom is 0.233 e. The van der Waals surface area contributed by atoms with Gasteiger partial charge in [-0.3, -0.25) is 4.79 Å². The van der Waals surface area contributed by atoms with Crippen LogP contribution in [0.25, 0.3) is 0 Å². The van der Waals surface area contributed by atoms with E-state index in [0.29, 0.717) is 10.9 Å². The van der Waals surface area contributed by atoms with Gasteiger partial charge in [0.25, 0.3) is 0 Å². The zero-order valence-corrected chi connectivity index (χ0v) is 13.9. The van der Waals surface area contributed by atoms with Gasteiger partial charge in [-0.25, -0.2) is 0 Å². The van der Waals surface area contributed by atoms with Gasteiger partial charge >= 0.3 is 0 Å². The van der Waals surface area contributed by atoms with Gasteiger partial charge in [0.2, 0.25) is 5.91 Å². The Morgan fingerprint density at radius 3 is 1.95 bits per heavy atom. The van der Waals surface area contributed by atoms with Crippen molar-refractivity contribution in [3.63, 3.8) is 0 Å². The second kappa shape index (κ2) is 8.51. The molecule has 3 nitrogen and oxygen atoms in total. The molecule has 0 rings (SSSR count). The molecule has 1 atom stereocenters. The highest BCUT2D eigenvalue weighted by Crippen LogP contribution is 2.31. The minimum absolute atomic E-state index is 0.0178. The Balaban J connectivity index is 5.13. The van der Waals surface area contributed by atoms with Crippen LogP contribution in [-0.2, 0) is 4.79 Å². The van der Waals surface area contributed by atoms with Crippen molar-refractivity contribution in [2.45, 2.75) is 72.8 Å². The van der Waals surface area contributed by atoms with E-state index in [1.54, 1.807) is 0 Å². The molecule has 19 heavy (non-hydrogen) atoms. The molecule has 1 unspecified atom stereocenters. The molecule has 0 saturated carbocycles. The lowest BCUT2D eigenvalue weighted by molar-refractivity contribution is -0.129. The molecule has 0 heterocycles. The summed E-state index contributed by atoms with van der Waals surface area (Å²) in [6.07, 6.45) is 4.20. The van der Waals surface area contributed by atoms with Crippen LogP contribution in [0.15, 0.2) is 0 Å². The number of nitrogens with one attached hydrogen (secondary N) is 1. The second-order valence-corrected chi connectivity index (χ2v) is 6.12. The van der Waals surface area contributed by atoms with E-state index in [2.05, 4.69) is 39.9 Å². The normalized spacial score (nSPS) is 13.4. The summed E-state index contributed by atoms with van der Waals surface area (Å²) in [5.74, 6) is 0.436. The Bertz CT molecular complexity index is 297. The lowest BCUT2D eigenvalue weighted by Gasteiger charge is -2.33. The van der Waals surface area contributed by atoms with E-state index >= 15 is 0 Å². The highest BCUT2D eigenvalue weighted by atomic mass is 32.1. The van der Waals surface area contributed by atoms with E-state index in [0.717, 1.165) is 32.1 Å². The molecule has 112 valence electrons. The van der Waals surface area contributed by atoms with Crippen LogP contribution in [0.2, 0.25) is 0 Å². The Morgan fingerprint density at radius 2 is 1.68 bits per heavy atom. The van der Waals surface area contributed by atoms with Crippen molar-refractivity contribution in [3.05, 3.63) is 0 Å². The fraction of sp³-hybridized carbons (Fsp3) is 0.867. The molecule has 0 aromatic heterocycles. The molecule has 0 aromatic carbocycles. The van der Waals surface area contributed by atoms with Crippen LogP contribution in [0.5, 0.6) is 0 Å². The minimum Gasteiger partial charge on any atom is -0.392 e. The van der Waals surface area contributed by atoms with Gasteiger partial charge in [0.1, 0.15) is 0 Å². The van der Waals surface area contributed by atoms with E-state index in [9.17, 15) is 4.79 Å². The number of amides is 1. The Labute approximate surface area is 123 Å². The predicted molar refractivity (Wildman–Crippen MR) is 86.1 cm³/mol. The smallest absolute Gasteiger partial charge is 0.233 e. The summed E-state index contributed by atoms with van der Waals surface area (Å²) >= 11 is 5.21. The Hall–Kier alpha value is -0.640. The number of thiocarbonyl (C=S) groups is 1. The number of rotatable bonds is 9. The summed E-state index contributed by atoms with van der Waals surface area (Å²) in [4.78, 5) is 13.0. The van der Waals surface area contributed by atoms with E-state index in [4.69, 9.17) is 18.0 Å². The summed E-state index contributed by atoms with van der Waals surface area (Å²) in [6, 6.07) is 0.190. The standard InChI is InChI=1S/C15H30N2OS/c1-6-9-15(10-7-2,13(16)19)14(18)17-12(8-3)11(4)5/h11-12H,6-10H2,1-5H3,(H2,16,19)(H,17,18). The third-order valence-electron chi connectivity index (χ3n) is 3.82. The maximum atomic E-state index is 12.7. The van der Waals surface area contributed by atoms with Crippen molar-refractivity contribution in [2.24, 2.45) is 17.1 Å². The summed E-state index contributed by atoms with van der Waals surface area (Å²) in [6.45, 7) is 10.5. The van der Waals surface area contributed by atoms with Crippen LogP contribution in [0.3, 0.4) is 0 Å². The Morgan fingerprint density at radius 1 is 1.21 bits per heavy atom. The van der Waals surface area contributed by atoms with Crippen molar-refractivity contribution in [2.75, 3.05) is 0 Å². The van der Waals surface area contributed by atoms with Gasteiger partial charge in [-0.1, -0.05) is 59.7 Å². The fourth-order valence-corrected chi connectivity index (χ4v) is 2.91. The van der Waals surface area contributed by atoms with E-state index in [1.165, 1.54) is 0 Å². The van der Waals surface area contributed by atoms with Crippen molar-refractivity contribution < 1.29 is 4.79 Å². The molecule has 0 aliphatic heterocycles. The zero-order chi connectivity index (χ0) is 15.1. The first kappa shape index (κ1) is 18.4. The summed E-state index contributed by atoms with van der Waals surface area (Å²) in [5.41, 5.74) is 5.24. The molecule has 3 N–H and O–H groups in total. The van der Waals surface area contributed by atoms with E-state index in [-0.39, 0.29) is 11.9 Å². The molecule has 0 saturated heterocycles. The number of carbonyl (C=O) groups excluding carboxylic acids is 1. The van der Waals surface area contributed by atoms with Crippen molar-refractivity contribution in [1.29, 1.82) is 0 Å². The van der Waals surface area contributed by atoms with Crippen LogP contribution < -0.4 is 11.1 Å². The summed E-state index contributed by atoms with van der Waals surface area (Å²) < 4.78 is 0. The average molecular weight is 286 g/mol. The first-order valence-electron chi connectivity index (χ1n) is 7.46. The SMILES string of the molecule is CCCC(CCC)(C(=O)NC(CC)C(C)C)C(N)=S. The molecule has 4 heteroatoms. The average Bonchev–Trinajstić information content (AvgIpc) is 2.34. The molecule has 1 amide bonds. The van der Waals surface area contributed by atoms with Crippen molar-refractivity contribution in [1.82, 2.24) is 5.32 Å². The third kappa shape index (κ3) is 4.75. The monoisotopic (exact) mass is 286 g/mol. The summed E-state index contributed by atoms with van der Waals surface area (Å²) in [5, 5.41) is 3.15. The van der Waals surface area contributed by atoms with E-state index in [1.807, 2.05) is 0 Å². The first-order valence-corrected chi connectivity index (χ1v) is 7.87. The molecular weight excluding hydrogens is 256 g/mol. The van der Waals surface area contributed by atoms with Crippen molar-refractivity contribution >= 4 is 23.1 Å². The van der Waals surface area contributed by atoms with Crippen molar-refractivity contribution in [3.8, 4) is 0 Å². The lowest BCUT2D eigenvalue weighted by atomic mass is 9.77. The summed E-state index contributed by atoms with van der Waals surface area (Å²) in [7, 11) is 0. The maximum absolute atomic E-state index is 12.7. The lowest BCUT2D eigenvalue weighted by Crippen LogP contribution is -2.52. The minimum atomic E-state index is -0.666. The molecule has 0 aromatic rings. The number of carbonyl (C=O) groups is 1. The highest BCUT2D eigenvalue weighted by Gasteiger charge is 2.40. The fourth-order valence-electron chi connectivity index (χ4n) is 2.61. The van der Waals surface area contributed by atoms with Gasteiger partial charge in [-0.05, 0) is 25.2 Å². The third-order valence-corrected chi connectivity index (χ3v) is 4.21. The number of hydrogen-bond acceptors (Lipinski definition) is 2. The molecule has 0 aliphatic carbocycles. The van der Waals surface area contributed by atoms with Crippen LogP contribution in [0.1, 0.15) is 66.7 Å². The number of hydrogen-bond donors (Lipinski definition) is 2. The van der Waals surface area contributed by atoms with Crippen LogP contribution in [-0.4, -0.2) is 16.9 Å². The molecule has 0 bridgehead atoms. The van der Waals surface area contributed by atoms with Gasteiger partial charge in [0, 0.05) is 6.04 Å². The largest absolute Gasteiger partial charge is 0.392 e. The van der Waals surface area contributed by atoms with Crippen LogP contribution >= 0.6 is 12.2 Å². The Kier molecular flexibility index (Phi) is 8.23. The van der Waals surface area contributed by atoms with Gasteiger partial charge < -0.3 is 11.1 Å². The van der Waals surface area contributed by atoms with Crippen LogP contribution in [0.4, 0.5) is 0 Å². The van der Waals surface area contributed by atoms with E-state index < -0.39 is 5.41 Å². The topological polar surface area (TPSA) is 55.1 Å². The van der Waals surface area contributed by atoms with Crippen LogP contribution in [0, 0.1) is 11.3 Å². The molecule has 0 aliphatic rings. The predicted octanol–water partition coefficient (Wildman–Crippen LogP) is 3.41. The first-order chi connectivity index (χ1) is 8.85. The van der Waals surface area contributed by atoms with Gasteiger partial charge in [-0.15, -0.1) is 0 Å². The molecule has 0 spiro atoms. The van der Waals surface area contributed by atoms with Gasteiger partial charge in [0.15, 0.2) is 0 Å². The zero-order valence-electron chi connectivity index (χ0n) is 13.1. The molecule has 0 fully saturated rings.